The van der Waals surface area contributed by atoms with Gasteiger partial charge in [0, 0.05) is 30.1 Å². The van der Waals surface area contributed by atoms with Crippen molar-refractivity contribution in [2.45, 2.75) is 6.42 Å². The van der Waals surface area contributed by atoms with Gasteiger partial charge in [-0.3, -0.25) is 4.79 Å². The molecule has 0 saturated carbocycles. The Bertz CT molecular complexity index is 674. The quantitative estimate of drug-likeness (QED) is 0.842. The Morgan fingerprint density at radius 2 is 2.33 bits per heavy atom. The van der Waals surface area contributed by atoms with E-state index in [4.69, 9.17) is 5.73 Å². The predicted octanol–water partition coefficient (Wildman–Crippen LogP) is 1.56. The number of amides is 1. The van der Waals surface area contributed by atoms with E-state index in [1.165, 1.54) is 23.5 Å². The van der Waals surface area contributed by atoms with Crippen LogP contribution in [-0.4, -0.2) is 24.0 Å². The number of halogens is 1. The maximum Gasteiger partial charge on any atom is 0.251 e. The van der Waals surface area contributed by atoms with Crippen LogP contribution in [-0.2, 0) is 6.42 Å². The highest BCUT2D eigenvalue weighted by Crippen LogP contribution is 2.10. The summed E-state index contributed by atoms with van der Waals surface area (Å²) in [6.45, 7) is 0.626. The fourth-order valence-corrected chi connectivity index (χ4v) is 2.29. The molecule has 0 aliphatic heterocycles. The van der Waals surface area contributed by atoms with E-state index in [2.05, 4.69) is 22.1 Å². The smallest absolute Gasteiger partial charge is 0.251 e. The van der Waals surface area contributed by atoms with Gasteiger partial charge in [0.2, 0.25) is 0 Å². The van der Waals surface area contributed by atoms with Gasteiger partial charge in [0.1, 0.15) is 5.82 Å². The second-order valence-electron chi connectivity index (χ2n) is 4.13. The average molecular weight is 303 g/mol. The molecular weight excluding hydrogens is 289 g/mol. The minimum Gasteiger partial charge on any atom is -0.352 e. The first-order chi connectivity index (χ1) is 10.2. The van der Waals surface area contributed by atoms with E-state index in [1.807, 2.05) is 5.38 Å². The van der Waals surface area contributed by atoms with Crippen LogP contribution in [0.1, 0.15) is 20.9 Å². The maximum absolute atomic E-state index is 13.7. The van der Waals surface area contributed by atoms with Crippen LogP contribution in [0.5, 0.6) is 0 Å². The van der Waals surface area contributed by atoms with Crippen molar-refractivity contribution in [3.8, 4) is 11.8 Å². The number of nitrogens with one attached hydrogen (secondary N) is 1. The summed E-state index contributed by atoms with van der Waals surface area (Å²) < 4.78 is 13.7. The molecule has 6 heteroatoms. The van der Waals surface area contributed by atoms with Crippen LogP contribution in [0.4, 0.5) is 4.39 Å². The molecule has 4 nitrogen and oxygen atoms in total. The van der Waals surface area contributed by atoms with Crippen LogP contribution < -0.4 is 11.1 Å². The lowest BCUT2D eigenvalue weighted by Crippen LogP contribution is -2.25. The number of benzene rings is 1. The van der Waals surface area contributed by atoms with Gasteiger partial charge in [0.25, 0.3) is 5.91 Å². The molecule has 1 aromatic heterocycles. The Morgan fingerprint density at radius 1 is 1.48 bits per heavy atom. The molecule has 0 unspecified atom stereocenters. The molecule has 1 heterocycles. The van der Waals surface area contributed by atoms with Crippen molar-refractivity contribution in [1.29, 1.82) is 0 Å². The van der Waals surface area contributed by atoms with Crippen LogP contribution in [0.15, 0.2) is 29.8 Å². The Labute approximate surface area is 126 Å². The number of hydrogen-bond donors (Lipinski definition) is 2. The minimum atomic E-state index is -0.525. The third-order valence-corrected chi connectivity index (χ3v) is 3.50. The predicted molar refractivity (Wildman–Crippen MR) is 80.5 cm³/mol. The lowest BCUT2D eigenvalue weighted by Gasteiger charge is -2.05. The van der Waals surface area contributed by atoms with Crippen LogP contribution in [0.2, 0.25) is 0 Å². The first kappa shape index (κ1) is 15.2. The molecule has 3 N–H and O–H groups in total. The van der Waals surface area contributed by atoms with Crippen molar-refractivity contribution in [2.75, 3.05) is 13.1 Å². The van der Waals surface area contributed by atoms with Crippen molar-refractivity contribution in [3.63, 3.8) is 0 Å². The lowest BCUT2D eigenvalue weighted by molar-refractivity contribution is 0.0953. The molecule has 1 amide bonds. The van der Waals surface area contributed by atoms with Crippen molar-refractivity contribution in [3.05, 3.63) is 51.7 Å². The summed E-state index contributed by atoms with van der Waals surface area (Å²) in [5, 5.41) is 5.57. The zero-order valence-corrected chi connectivity index (χ0v) is 12.0. The number of hydrogen-bond acceptors (Lipinski definition) is 4. The van der Waals surface area contributed by atoms with Gasteiger partial charge in [-0.05, 0) is 18.2 Å². The molecule has 21 heavy (non-hydrogen) atoms. The van der Waals surface area contributed by atoms with Crippen molar-refractivity contribution < 1.29 is 9.18 Å². The first-order valence-electron chi connectivity index (χ1n) is 6.36. The second-order valence-corrected chi connectivity index (χ2v) is 5.11. The zero-order chi connectivity index (χ0) is 15.1. The fourth-order valence-electron chi connectivity index (χ4n) is 1.67. The minimum absolute atomic E-state index is 0.165. The molecule has 2 aromatic rings. The Morgan fingerprint density at radius 3 is 3.00 bits per heavy atom. The Hall–Kier alpha value is -2.23. The number of thiazole rings is 1. The van der Waals surface area contributed by atoms with Gasteiger partial charge in [-0.15, -0.1) is 11.3 Å². The molecule has 0 aliphatic carbocycles. The highest BCUT2D eigenvalue weighted by atomic mass is 32.1. The van der Waals surface area contributed by atoms with Crippen LogP contribution in [0.3, 0.4) is 0 Å². The van der Waals surface area contributed by atoms with E-state index in [1.54, 1.807) is 12.3 Å². The van der Waals surface area contributed by atoms with E-state index in [0.717, 1.165) is 5.01 Å². The van der Waals surface area contributed by atoms with E-state index in [9.17, 15) is 9.18 Å². The van der Waals surface area contributed by atoms with E-state index in [0.29, 0.717) is 13.0 Å². The highest BCUT2D eigenvalue weighted by molar-refractivity contribution is 7.09. The number of carbonyl (C=O) groups excluding carboxylic acids is 1. The van der Waals surface area contributed by atoms with Gasteiger partial charge in [-0.1, -0.05) is 11.8 Å². The largest absolute Gasteiger partial charge is 0.352 e. The Kier molecular flexibility index (Phi) is 5.43. The topological polar surface area (TPSA) is 68.0 Å². The second kappa shape index (κ2) is 7.53. The monoisotopic (exact) mass is 303 g/mol. The van der Waals surface area contributed by atoms with Gasteiger partial charge in [0.15, 0.2) is 0 Å². The van der Waals surface area contributed by atoms with Gasteiger partial charge in [-0.25, -0.2) is 9.37 Å². The van der Waals surface area contributed by atoms with Gasteiger partial charge >= 0.3 is 0 Å². The molecular formula is C15H14FN3OS. The summed E-state index contributed by atoms with van der Waals surface area (Å²) in [7, 11) is 0. The van der Waals surface area contributed by atoms with E-state index < -0.39 is 5.82 Å². The Balaban J connectivity index is 1.94. The summed E-state index contributed by atoms with van der Waals surface area (Å²) in [5.41, 5.74) is 5.74. The van der Waals surface area contributed by atoms with Crippen LogP contribution in [0, 0.1) is 17.7 Å². The summed E-state index contributed by atoms with van der Waals surface area (Å²) in [4.78, 5) is 16.0. The standard InChI is InChI=1S/C15H14FN3OS/c16-13-10-12(4-3-11(13)2-1-6-17)15(20)19-7-5-14-18-8-9-21-14/h3-4,8-10H,5-7,17H2,(H,19,20). The highest BCUT2D eigenvalue weighted by Gasteiger charge is 2.08. The van der Waals surface area contributed by atoms with Crippen LogP contribution in [0.25, 0.3) is 0 Å². The molecule has 0 atom stereocenters. The molecule has 0 saturated heterocycles. The SMILES string of the molecule is NCC#Cc1ccc(C(=O)NCCc2nccs2)cc1F. The molecule has 1 aromatic carbocycles. The molecule has 0 fully saturated rings. The normalized spacial score (nSPS) is 9.81. The molecule has 0 aliphatic rings. The zero-order valence-electron chi connectivity index (χ0n) is 11.2. The number of carbonyl (C=O) groups is 1. The van der Waals surface area contributed by atoms with Gasteiger partial charge in [0.05, 0.1) is 17.1 Å². The summed E-state index contributed by atoms with van der Waals surface area (Å²) in [5.74, 6) is 4.35. The van der Waals surface area contributed by atoms with E-state index in [-0.39, 0.29) is 23.6 Å². The number of nitrogens with zero attached hydrogens (tertiary/aromatic N) is 1. The molecule has 0 radical (unpaired) electrons. The van der Waals surface area contributed by atoms with Crippen molar-refractivity contribution >= 4 is 17.2 Å². The van der Waals surface area contributed by atoms with Gasteiger partial charge in [-0.2, -0.15) is 0 Å². The van der Waals surface area contributed by atoms with Crippen LogP contribution >= 0.6 is 11.3 Å². The lowest BCUT2D eigenvalue weighted by atomic mass is 10.1. The summed E-state index contributed by atoms with van der Waals surface area (Å²) >= 11 is 1.53. The maximum atomic E-state index is 13.7. The third kappa shape index (κ3) is 4.38. The molecule has 0 spiro atoms. The molecule has 2 rings (SSSR count). The van der Waals surface area contributed by atoms with Crippen molar-refractivity contribution in [2.24, 2.45) is 5.73 Å². The number of rotatable bonds is 4. The number of nitrogens with two attached hydrogens (primary N) is 1. The van der Waals surface area contributed by atoms with Gasteiger partial charge < -0.3 is 11.1 Å². The third-order valence-electron chi connectivity index (χ3n) is 2.66. The van der Waals surface area contributed by atoms with Crippen molar-refractivity contribution in [1.82, 2.24) is 10.3 Å². The summed E-state index contributed by atoms with van der Waals surface area (Å²) in [6.07, 6.45) is 2.38. The fraction of sp³-hybridized carbons (Fsp3) is 0.200. The number of aromatic nitrogens is 1. The summed E-state index contributed by atoms with van der Waals surface area (Å²) in [6, 6.07) is 4.20. The molecule has 0 bridgehead atoms. The average Bonchev–Trinajstić information content (AvgIpc) is 2.99. The van der Waals surface area contributed by atoms with E-state index >= 15 is 0 Å². The molecule has 108 valence electrons. The first-order valence-corrected chi connectivity index (χ1v) is 7.23.